The first-order chi connectivity index (χ1) is 17.8. The third-order valence-corrected chi connectivity index (χ3v) is 7.42. The molecule has 2 heterocycles. The number of anilines is 2. The van der Waals surface area contributed by atoms with E-state index in [0.717, 1.165) is 30.6 Å². The monoisotopic (exact) mass is 556 g/mol. The van der Waals surface area contributed by atoms with E-state index < -0.39 is 18.6 Å². The Morgan fingerprint density at radius 2 is 2.05 bits per heavy atom. The maximum atomic E-state index is 13.2. The zero-order chi connectivity index (χ0) is 26.4. The molecule has 3 amide bonds. The molecule has 9 nitrogen and oxygen atoms in total. The van der Waals surface area contributed by atoms with Gasteiger partial charge in [-0.3, -0.25) is 14.4 Å². The normalized spacial score (nSPS) is 16.9. The Labute approximate surface area is 221 Å². The minimum Gasteiger partial charge on any atom is -0.433 e. The third-order valence-electron chi connectivity index (χ3n) is 6.19. The number of carbonyl (C=O) groups is 3. The van der Waals surface area contributed by atoms with E-state index >= 15 is 0 Å². The van der Waals surface area contributed by atoms with Gasteiger partial charge in [0, 0.05) is 24.8 Å². The van der Waals surface area contributed by atoms with Crippen molar-refractivity contribution >= 4 is 52.0 Å². The molecule has 3 N–H and O–H groups in total. The minimum atomic E-state index is -3.14. The van der Waals surface area contributed by atoms with Gasteiger partial charge < -0.3 is 30.3 Å². The number of alkyl halides is 2. The van der Waals surface area contributed by atoms with E-state index in [2.05, 4.69) is 20.7 Å². The Morgan fingerprint density at radius 3 is 2.70 bits per heavy atom. The van der Waals surface area contributed by atoms with Crippen LogP contribution in [0.15, 0.2) is 30.3 Å². The number of nitrogens with one attached hydrogen (secondary N) is 3. The van der Waals surface area contributed by atoms with Crippen molar-refractivity contribution in [3.63, 3.8) is 0 Å². The molecule has 1 aromatic heterocycles. The second-order valence-corrected chi connectivity index (χ2v) is 10.4. The molecule has 1 atom stereocenters. The molecular formula is C24H27ClF2N4O5S. The lowest BCUT2D eigenvalue weighted by Crippen LogP contribution is -2.50. The van der Waals surface area contributed by atoms with Crippen LogP contribution in [0.4, 0.5) is 20.2 Å². The topological polar surface area (TPSA) is 109 Å². The number of hydrogen-bond donors (Lipinski definition) is 3. The van der Waals surface area contributed by atoms with Crippen LogP contribution in [0.25, 0.3) is 0 Å². The zero-order valence-corrected chi connectivity index (χ0v) is 21.4. The second-order valence-electron chi connectivity index (χ2n) is 8.72. The van der Waals surface area contributed by atoms with Crippen LogP contribution in [0.3, 0.4) is 0 Å². The highest BCUT2D eigenvalue weighted by molar-refractivity contribution is 7.18. The smallest absolute Gasteiger partial charge is 0.387 e. The number of thiophene rings is 1. The first-order valence-corrected chi connectivity index (χ1v) is 13.0. The summed E-state index contributed by atoms with van der Waals surface area (Å²) in [6.07, 6.45) is 3.23. The van der Waals surface area contributed by atoms with Crippen molar-refractivity contribution in [3.05, 3.63) is 39.5 Å². The lowest BCUT2D eigenvalue weighted by molar-refractivity contribution is -0.125. The second kappa shape index (κ2) is 12.6. The Hall–Kier alpha value is -2.80. The van der Waals surface area contributed by atoms with Gasteiger partial charge in [0.15, 0.2) is 5.75 Å². The van der Waals surface area contributed by atoms with Gasteiger partial charge in [-0.25, -0.2) is 0 Å². The predicted octanol–water partition coefficient (Wildman–Crippen LogP) is 3.49. The fraction of sp³-hybridized carbons (Fsp3) is 0.458. The van der Waals surface area contributed by atoms with Gasteiger partial charge in [-0.05, 0) is 49.6 Å². The Kier molecular flexibility index (Phi) is 9.30. The molecule has 1 saturated heterocycles. The van der Waals surface area contributed by atoms with Crippen LogP contribution >= 0.6 is 22.9 Å². The molecular weight excluding hydrogens is 530 g/mol. The molecule has 2 aliphatic rings. The molecule has 1 aliphatic carbocycles. The summed E-state index contributed by atoms with van der Waals surface area (Å²) in [6.45, 7) is -2.12. The fourth-order valence-electron chi connectivity index (χ4n) is 3.97. The molecule has 1 saturated carbocycles. The largest absolute Gasteiger partial charge is 0.433 e. The van der Waals surface area contributed by atoms with Crippen LogP contribution < -0.4 is 25.6 Å². The molecule has 0 bridgehead atoms. The summed E-state index contributed by atoms with van der Waals surface area (Å²) in [5.41, 5.74) is 0.366. The summed E-state index contributed by atoms with van der Waals surface area (Å²) in [6, 6.07) is 6.59. The van der Waals surface area contributed by atoms with E-state index in [1.807, 2.05) is 0 Å². The van der Waals surface area contributed by atoms with Gasteiger partial charge in [0.05, 0.1) is 21.5 Å². The molecule has 1 aromatic carbocycles. The highest BCUT2D eigenvalue weighted by atomic mass is 35.5. The summed E-state index contributed by atoms with van der Waals surface area (Å²) in [4.78, 5) is 39.6. The van der Waals surface area contributed by atoms with E-state index in [1.165, 1.54) is 23.1 Å². The molecule has 200 valence electrons. The molecule has 37 heavy (non-hydrogen) atoms. The molecule has 4 rings (SSSR count). The quantitative estimate of drug-likeness (QED) is 0.391. The van der Waals surface area contributed by atoms with Crippen LogP contribution in [0, 0.1) is 5.92 Å². The Bertz CT molecular complexity index is 1130. The maximum absolute atomic E-state index is 13.2. The lowest BCUT2D eigenvalue weighted by atomic mass is 9.85. The van der Waals surface area contributed by atoms with Gasteiger partial charge in [0.25, 0.3) is 11.8 Å². The average molecular weight is 557 g/mol. The van der Waals surface area contributed by atoms with Crippen molar-refractivity contribution in [1.29, 1.82) is 0 Å². The van der Waals surface area contributed by atoms with E-state index in [9.17, 15) is 23.2 Å². The number of benzene rings is 1. The predicted molar refractivity (Wildman–Crippen MR) is 136 cm³/mol. The third kappa shape index (κ3) is 7.37. The molecule has 2 aromatic rings. The summed E-state index contributed by atoms with van der Waals surface area (Å²) in [5.74, 6) is -1.06. The Morgan fingerprint density at radius 1 is 1.24 bits per heavy atom. The minimum absolute atomic E-state index is 0.0153. The number of amides is 3. The van der Waals surface area contributed by atoms with Crippen LogP contribution in [0.5, 0.6) is 5.75 Å². The van der Waals surface area contributed by atoms with Crippen LogP contribution in [-0.2, 0) is 14.3 Å². The standard InChI is InChI=1S/C24H27ClF2N4O5S/c25-20-7-6-19(37-20)23(34)29-12-17(28-11-14-2-1-3-14)22(33)30-16-5-4-15(10-18(16)36-24(26)27)31-8-9-35-13-21(31)32/h4-7,10,14,17,24,28H,1-3,8-9,11-13H2,(H,29,34)(H,30,33)/t17-/m1/s1. The number of carbonyl (C=O) groups excluding carboxylic acids is 3. The molecule has 1 aliphatic heterocycles. The van der Waals surface area contributed by atoms with Crippen molar-refractivity contribution in [3.8, 4) is 5.75 Å². The van der Waals surface area contributed by atoms with Crippen LogP contribution in [0.2, 0.25) is 4.34 Å². The van der Waals surface area contributed by atoms with Crippen LogP contribution in [0.1, 0.15) is 28.9 Å². The first kappa shape index (κ1) is 27.2. The summed E-state index contributed by atoms with van der Waals surface area (Å²) in [7, 11) is 0. The van der Waals surface area contributed by atoms with Crippen LogP contribution in [-0.4, -0.2) is 63.2 Å². The zero-order valence-electron chi connectivity index (χ0n) is 19.8. The SMILES string of the molecule is O=C(NC[C@@H](NCC1CCC1)C(=O)Nc1ccc(N2CCOCC2=O)cc1OC(F)F)c1ccc(Cl)s1. The highest BCUT2D eigenvalue weighted by Gasteiger charge is 2.26. The van der Waals surface area contributed by atoms with Gasteiger partial charge in [0.2, 0.25) is 5.91 Å². The summed E-state index contributed by atoms with van der Waals surface area (Å²) in [5, 5.41) is 8.53. The number of morpholine rings is 1. The summed E-state index contributed by atoms with van der Waals surface area (Å²) >= 11 is 7.02. The first-order valence-electron chi connectivity index (χ1n) is 11.8. The number of ether oxygens (including phenoxy) is 2. The molecule has 0 unspecified atom stereocenters. The van der Waals surface area contributed by atoms with Crippen molar-refractivity contribution in [2.24, 2.45) is 5.92 Å². The van der Waals surface area contributed by atoms with E-state index in [4.69, 9.17) is 16.3 Å². The fourth-order valence-corrected chi connectivity index (χ4v) is 4.93. The van der Waals surface area contributed by atoms with Crippen molar-refractivity contribution < 1.29 is 32.6 Å². The number of nitrogens with zero attached hydrogens (tertiary/aromatic N) is 1. The van der Waals surface area contributed by atoms with Crippen molar-refractivity contribution in [2.75, 3.05) is 43.1 Å². The van der Waals surface area contributed by atoms with Gasteiger partial charge in [-0.2, -0.15) is 8.78 Å². The van der Waals surface area contributed by atoms with Gasteiger partial charge in [0.1, 0.15) is 12.6 Å². The number of rotatable bonds is 11. The van der Waals surface area contributed by atoms with E-state index in [0.29, 0.717) is 34.0 Å². The molecule has 2 fully saturated rings. The number of halogens is 3. The van der Waals surface area contributed by atoms with Gasteiger partial charge in [-0.1, -0.05) is 18.0 Å². The van der Waals surface area contributed by atoms with Gasteiger partial charge in [-0.15, -0.1) is 11.3 Å². The lowest BCUT2D eigenvalue weighted by Gasteiger charge is -2.29. The average Bonchev–Trinajstić information content (AvgIpc) is 3.27. The maximum Gasteiger partial charge on any atom is 0.387 e. The summed E-state index contributed by atoms with van der Waals surface area (Å²) < 4.78 is 36.6. The van der Waals surface area contributed by atoms with Crippen molar-refractivity contribution in [1.82, 2.24) is 10.6 Å². The molecule has 13 heteroatoms. The highest BCUT2D eigenvalue weighted by Crippen LogP contribution is 2.32. The van der Waals surface area contributed by atoms with Crippen molar-refractivity contribution in [2.45, 2.75) is 31.9 Å². The van der Waals surface area contributed by atoms with Gasteiger partial charge >= 0.3 is 6.61 Å². The molecule has 0 radical (unpaired) electrons. The van der Waals surface area contributed by atoms with E-state index in [1.54, 1.807) is 12.1 Å². The Balaban J connectivity index is 1.47. The molecule has 0 spiro atoms. The number of hydrogen-bond acceptors (Lipinski definition) is 7. The van der Waals surface area contributed by atoms with E-state index in [-0.39, 0.29) is 42.9 Å².